The van der Waals surface area contributed by atoms with Crippen molar-refractivity contribution >= 4 is 21.8 Å². The van der Waals surface area contributed by atoms with E-state index in [1.165, 1.54) is 0 Å². The highest BCUT2D eigenvalue weighted by molar-refractivity contribution is 9.10. The first kappa shape index (κ1) is 14.7. The number of fused-ring (bicyclic) bond motifs is 1. The van der Waals surface area contributed by atoms with E-state index in [1.54, 1.807) is 0 Å². The first-order chi connectivity index (χ1) is 10.1. The third-order valence-corrected chi connectivity index (χ3v) is 4.67. The Kier molecular flexibility index (Phi) is 4.35. The van der Waals surface area contributed by atoms with Gasteiger partial charge in [0.25, 0.3) is 0 Å². The summed E-state index contributed by atoms with van der Waals surface area (Å²) in [5.41, 5.74) is 1.06. The summed E-state index contributed by atoms with van der Waals surface area (Å²) in [6.45, 7) is 4.57. The van der Waals surface area contributed by atoms with Crippen LogP contribution < -0.4 is 14.8 Å². The van der Waals surface area contributed by atoms with Crippen LogP contribution in [0.4, 0.5) is 0 Å². The number of ether oxygens (including phenoxy) is 2. The second kappa shape index (κ2) is 6.23. The predicted octanol–water partition coefficient (Wildman–Crippen LogP) is 2.28. The summed E-state index contributed by atoms with van der Waals surface area (Å²) >= 11 is 3.53. The van der Waals surface area contributed by atoms with E-state index in [4.69, 9.17) is 9.47 Å². The third kappa shape index (κ3) is 3.16. The van der Waals surface area contributed by atoms with Gasteiger partial charge in [-0.25, -0.2) is 0 Å². The molecule has 3 rings (SSSR count). The molecule has 1 aromatic carbocycles. The molecule has 2 heterocycles. The van der Waals surface area contributed by atoms with Crippen LogP contribution in [0.2, 0.25) is 0 Å². The van der Waals surface area contributed by atoms with E-state index in [9.17, 15) is 4.79 Å². The van der Waals surface area contributed by atoms with Crippen molar-refractivity contribution in [1.82, 2.24) is 10.2 Å². The Labute approximate surface area is 132 Å². The summed E-state index contributed by atoms with van der Waals surface area (Å²) in [6.07, 6.45) is 2.23. The van der Waals surface area contributed by atoms with Crippen molar-refractivity contribution in [2.45, 2.75) is 32.4 Å². The first-order valence-corrected chi connectivity index (χ1v) is 8.04. The summed E-state index contributed by atoms with van der Waals surface area (Å²) in [5, 5.41) is 3.29. The average Bonchev–Trinajstić information content (AvgIpc) is 3.14. The minimum atomic E-state index is -0.180. The molecule has 0 radical (unpaired) electrons. The van der Waals surface area contributed by atoms with Gasteiger partial charge in [0, 0.05) is 24.1 Å². The fraction of sp³-hybridized carbons (Fsp3) is 0.533. The van der Waals surface area contributed by atoms with Crippen LogP contribution >= 0.6 is 15.9 Å². The van der Waals surface area contributed by atoms with Gasteiger partial charge in [0.1, 0.15) is 0 Å². The van der Waals surface area contributed by atoms with Gasteiger partial charge in [0.15, 0.2) is 11.5 Å². The molecule has 1 amide bonds. The second-order valence-corrected chi connectivity index (χ2v) is 6.29. The molecule has 0 bridgehead atoms. The molecular formula is C15H19BrN2O3. The Bertz CT molecular complexity index is 544. The molecule has 5 nitrogen and oxygen atoms in total. The molecule has 1 aromatic rings. The molecule has 0 saturated carbocycles. The minimum absolute atomic E-state index is 0.180. The van der Waals surface area contributed by atoms with Gasteiger partial charge in [-0.3, -0.25) is 4.79 Å². The quantitative estimate of drug-likeness (QED) is 0.901. The fourth-order valence-corrected chi connectivity index (χ4v) is 3.12. The molecule has 1 saturated heterocycles. The van der Waals surface area contributed by atoms with Crippen LogP contribution in [-0.2, 0) is 11.3 Å². The number of hydrogen-bond acceptors (Lipinski definition) is 4. The predicted molar refractivity (Wildman–Crippen MR) is 82.4 cm³/mol. The smallest absolute Gasteiger partial charge is 0.239 e. The molecule has 21 heavy (non-hydrogen) atoms. The molecule has 0 spiro atoms. The molecule has 2 aliphatic rings. The van der Waals surface area contributed by atoms with Crippen molar-refractivity contribution in [3.63, 3.8) is 0 Å². The Hall–Kier alpha value is -1.27. The van der Waals surface area contributed by atoms with Crippen molar-refractivity contribution in [3.8, 4) is 11.5 Å². The summed E-state index contributed by atoms with van der Waals surface area (Å²) < 4.78 is 11.7. The van der Waals surface area contributed by atoms with Crippen LogP contribution in [0.25, 0.3) is 0 Å². The molecule has 1 fully saturated rings. The highest BCUT2D eigenvalue weighted by atomic mass is 79.9. The highest BCUT2D eigenvalue weighted by Gasteiger charge is 2.23. The maximum Gasteiger partial charge on any atom is 0.239 e. The van der Waals surface area contributed by atoms with Crippen molar-refractivity contribution in [2.24, 2.45) is 0 Å². The molecule has 1 unspecified atom stereocenters. The van der Waals surface area contributed by atoms with Crippen molar-refractivity contribution in [1.29, 1.82) is 0 Å². The molecule has 0 aliphatic carbocycles. The number of halogens is 1. The van der Waals surface area contributed by atoms with Gasteiger partial charge >= 0.3 is 0 Å². The van der Waals surface area contributed by atoms with Gasteiger partial charge in [0.05, 0.1) is 6.04 Å². The number of amides is 1. The summed E-state index contributed by atoms with van der Waals surface area (Å²) in [7, 11) is 0. The van der Waals surface area contributed by atoms with Crippen LogP contribution in [0, 0.1) is 0 Å². The second-order valence-electron chi connectivity index (χ2n) is 5.43. The minimum Gasteiger partial charge on any atom is -0.454 e. The maximum atomic E-state index is 12.2. The highest BCUT2D eigenvalue weighted by Crippen LogP contribution is 2.36. The monoisotopic (exact) mass is 354 g/mol. The SMILES string of the molecule is CC(NCc1cc2c(cc1Br)OCO2)C(=O)N1CCCC1. The number of likely N-dealkylation sites (tertiary alicyclic amines) is 1. The van der Waals surface area contributed by atoms with Gasteiger partial charge in [-0.15, -0.1) is 0 Å². The number of benzene rings is 1. The zero-order valence-corrected chi connectivity index (χ0v) is 13.6. The van der Waals surface area contributed by atoms with E-state index < -0.39 is 0 Å². The van der Waals surface area contributed by atoms with E-state index in [1.807, 2.05) is 24.0 Å². The Morgan fingerprint density at radius 1 is 1.33 bits per heavy atom. The Balaban J connectivity index is 1.60. The van der Waals surface area contributed by atoms with E-state index in [0.29, 0.717) is 6.54 Å². The lowest BCUT2D eigenvalue weighted by Gasteiger charge is -2.21. The van der Waals surface area contributed by atoms with Gasteiger partial charge in [0.2, 0.25) is 12.7 Å². The molecule has 1 N–H and O–H groups in total. The lowest BCUT2D eigenvalue weighted by Crippen LogP contribution is -2.43. The normalized spacial score (nSPS) is 18.1. The van der Waals surface area contributed by atoms with Crippen molar-refractivity contribution in [3.05, 3.63) is 22.2 Å². The molecule has 114 valence electrons. The largest absolute Gasteiger partial charge is 0.454 e. The Morgan fingerprint density at radius 2 is 2.00 bits per heavy atom. The van der Waals surface area contributed by atoms with E-state index in [2.05, 4.69) is 21.2 Å². The number of nitrogens with one attached hydrogen (secondary N) is 1. The number of carbonyl (C=O) groups is 1. The average molecular weight is 355 g/mol. The first-order valence-electron chi connectivity index (χ1n) is 7.25. The molecule has 1 atom stereocenters. The number of nitrogens with zero attached hydrogens (tertiary/aromatic N) is 1. The fourth-order valence-electron chi connectivity index (χ4n) is 2.66. The van der Waals surface area contributed by atoms with Gasteiger partial charge in [-0.05, 0) is 37.5 Å². The Morgan fingerprint density at radius 3 is 2.71 bits per heavy atom. The number of rotatable bonds is 4. The van der Waals surface area contributed by atoms with Crippen LogP contribution in [0.5, 0.6) is 11.5 Å². The van der Waals surface area contributed by atoms with Gasteiger partial charge in [-0.2, -0.15) is 0 Å². The van der Waals surface area contributed by atoms with Crippen LogP contribution in [-0.4, -0.2) is 36.7 Å². The number of hydrogen-bond donors (Lipinski definition) is 1. The van der Waals surface area contributed by atoms with Crippen LogP contribution in [0.1, 0.15) is 25.3 Å². The topological polar surface area (TPSA) is 50.8 Å². The van der Waals surface area contributed by atoms with Crippen molar-refractivity contribution in [2.75, 3.05) is 19.9 Å². The summed E-state index contributed by atoms with van der Waals surface area (Å²) in [6, 6.07) is 3.68. The standard InChI is InChI=1S/C15H19BrN2O3/c1-10(15(19)18-4-2-3-5-18)17-8-11-6-13-14(7-12(11)16)21-9-20-13/h6-7,10,17H,2-5,8-9H2,1H3. The van der Waals surface area contributed by atoms with E-state index in [-0.39, 0.29) is 18.7 Å². The van der Waals surface area contributed by atoms with E-state index >= 15 is 0 Å². The molecule has 0 aromatic heterocycles. The van der Waals surface area contributed by atoms with Gasteiger partial charge < -0.3 is 19.7 Å². The molecule has 6 heteroatoms. The van der Waals surface area contributed by atoms with E-state index in [0.717, 1.165) is 47.5 Å². The van der Waals surface area contributed by atoms with Crippen molar-refractivity contribution < 1.29 is 14.3 Å². The molecular weight excluding hydrogens is 336 g/mol. The lowest BCUT2D eigenvalue weighted by molar-refractivity contribution is -0.131. The zero-order chi connectivity index (χ0) is 14.8. The summed E-state index contributed by atoms with van der Waals surface area (Å²) in [5.74, 6) is 1.70. The summed E-state index contributed by atoms with van der Waals surface area (Å²) in [4.78, 5) is 14.2. The van der Waals surface area contributed by atoms with Crippen LogP contribution in [0.3, 0.4) is 0 Å². The molecule has 2 aliphatic heterocycles. The number of carbonyl (C=O) groups excluding carboxylic acids is 1. The lowest BCUT2D eigenvalue weighted by atomic mass is 10.2. The van der Waals surface area contributed by atoms with Crippen LogP contribution in [0.15, 0.2) is 16.6 Å². The zero-order valence-electron chi connectivity index (χ0n) is 12.0. The maximum absolute atomic E-state index is 12.2. The van der Waals surface area contributed by atoms with Gasteiger partial charge in [-0.1, -0.05) is 15.9 Å². The third-order valence-electron chi connectivity index (χ3n) is 3.93.